The molecule has 0 spiro atoms. The largest absolute Gasteiger partial charge is 0.410 e. The molecule has 0 heterocycles. The van der Waals surface area contributed by atoms with Gasteiger partial charge in [-0.25, -0.2) is 0 Å². The molecule has 1 aromatic rings. The second kappa shape index (κ2) is 8.29. The van der Waals surface area contributed by atoms with E-state index in [-0.39, 0.29) is 12.3 Å². The van der Waals surface area contributed by atoms with Crippen LogP contribution >= 0.6 is 0 Å². The Morgan fingerprint density at radius 1 is 1.35 bits per heavy atom. The molecular formula is C14H20N2O4. The predicted octanol–water partition coefficient (Wildman–Crippen LogP) is 1.88. The fourth-order valence-corrected chi connectivity index (χ4v) is 1.57. The van der Waals surface area contributed by atoms with Gasteiger partial charge in [0.1, 0.15) is 6.61 Å². The van der Waals surface area contributed by atoms with Crippen LogP contribution in [0.1, 0.15) is 13.8 Å². The Morgan fingerprint density at radius 3 is 2.55 bits per heavy atom. The zero-order valence-corrected chi connectivity index (χ0v) is 11.9. The maximum atomic E-state index is 12.2. The van der Waals surface area contributed by atoms with Crippen LogP contribution in [0.3, 0.4) is 0 Å². The van der Waals surface area contributed by atoms with Crippen molar-refractivity contribution in [2.24, 2.45) is 5.16 Å². The fraction of sp³-hybridized carbons (Fsp3) is 0.429. The van der Waals surface area contributed by atoms with Crippen molar-refractivity contribution in [3.05, 3.63) is 30.3 Å². The minimum Gasteiger partial charge on any atom is -0.410 e. The minimum absolute atomic E-state index is 0.0806. The van der Waals surface area contributed by atoms with Gasteiger partial charge in [-0.3, -0.25) is 4.79 Å². The van der Waals surface area contributed by atoms with E-state index in [1.807, 2.05) is 25.1 Å². The van der Waals surface area contributed by atoms with Gasteiger partial charge in [0, 0.05) is 19.3 Å². The number of benzene rings is 1. The molecule has 1 aromatic carbocycles. The molecule has 0 saturated carbocycles. The third-order valence-corrected chi connectivity index (χ3v) is 2.67. The van der Waals surface area contributed by atoms with E-state index in [1.165, 1.54) is 4.90 Å². The third-order valence-electron chi connectivity index (χ3n) is 2.67. The van der Waals surface area contributed by atoms with Crippen LogP contribution in [0.25, 0.3) is 0 Å². The number of oxime groups is 1. The summed E-state index contributed by atoms with van der Waals surface area (Å²) in [7, 11) is 1.61. The molecule has 0 saturated heterocycles. The topological polar surface area (TPSA) is 71.4 Å². The molecule has 6 heteroatoms. The molecule has 1 unspecified atom stereocenters. The zero-order chi connectivity index (χ0) is 15.0. The average Bonchev–Trinajstić information content (AvgIpc) is 2.48. The summed E-state index contributed by atoms with van der Waals surface area (Å²) in [6, 6.07) is 9.08. The number of carbonyl (C=O) groups excluding carboxylic acids is 1. The Balaban J connectivity index is 2.64. The molecule has 0 fully saturated rings. The molecule has 0 aromatic heterocycles. The summed E-state index contributed by atoms with van der Waals surface area (Å²) in [6.07, 6.45) is -0.466. The van der Waals surface area contributed by atoms with Crippen LogP contribution in [0.5, 0.6) is 0 Å². The molecule has 110 valence electrons. The summed E-state index contributed by atoms with van der Waals surface area (Å²) in [6.45, 7) is 3.94. The van der Waals surface area contributed by atoms with Gasteiger partial charge in [0.2, 0.25) is 0 Å². The highest BCUT2D eigenvalue weighted by Crippen LogP contribution is 2.11. The maximum Gasteiger partial charge on any atom is 0.278 e. The van der Waals surface area contributed by atoms with Crippen LogP contribution in [0.4, 0.5) is 5.69 Å². The van der Waals surface area contributed by atoms with Gasteiger partial charge in [0.15, 0.2) is 12.0 Å². The second-order valence-electron chi connectivity index (χ2n) is 4.08. The van der Waals surface area contributed by atoms with Crippen molar-refractivity contribution in [3.63, 3.8) is 0 Å². The summed E-state index contributed by atoms with van der Waals surface area (Å²) in [5.41, 5.74) is 0.624. The van der Waals surface area contributed by atoms with Gasteiger partial charge in [0.05, 0.1) is 0 Å². The summed E-state index contributed by atoms with van der Waals surface area (Å²) in [5, 5.41) is 12.0. The highest BCUT2D eigenvalue weighted by molar-refractivity contribution is 6.44. The van der Waals surface area contributed by atoms with Crippen molar-refractivity contribution < 1.29 is 19.5 Å². The lowest BCUT2D eigenvalue weighted by Crippen LogP contribution is -2.36. The van der Waals surface area contributed by atoms with E-state index >= 15 is 0 Å². The molecule has 0 aliphatic rings. The van der Waals surface area contributed by atoms with Crippen LogP contribution in [0.15, 0.2) is 35.5 Å². The standard InChI is InChI=1S/C14H20N2O4/c1-4-19-11(2)20-10-13(15-18)14(17)16(3)12-8-6-5-7-9-12/h5-9,11,18H,4,10H2,1-3H3. The Labute approximate surface area is 118 Å². The van der Waals surface area contributed by atoms with Crippen LogP contribution in [-0.2, 0) is 14.3 Å². The Hall–Kier alpha value is -1.92. The quantitative estimate of drug-likeness (QED) is 0.358. The van der Waals surface area contributed by atoms with Crippen molar-refractivity contribution in [2.75, 3.05) is 25.2 Å². The van der Waals surface area contributed by atoms with E-state index in [0.717, 1.165) is 0 Å². The first-order valence-corrected chi connectivity index (χ1v) is 6.37. The number of ether oxygens (including phenoxy) is 2. The third kappa shape index (κ3) is 4.64. The Bertz CT molecular complexity index is 448. The number of nitrogens with zero attached hydrogens (tertiary/aromatic N) is 2. The number of rotatable bonds is 7. The molecule has 0 bridgehead atoms. The van der Waals surface area contributed by atoms with E-state index in [2.05, 4.69) is 5.16 Å². The van der Waals surface area contributed by atoms with Crippen LogP contribution in [-0.4, -0.2) is 43.4 Å². The van der Waals surface area contributed by atoms with Crippen LogP contribution in [0.2, 0.25) is 0 Å². The SMILES string of the molecule is CCOC(C)OCC(=NO)C(=O)N(C)c1ccccc1. The fourth-order valence-electron chi connectivity index (χ4n) is 1.57. The predicted molar refractivity (Wildman–Crippen MR) is 76.1 cm³/mol. The number of carbonyl (C=O) groups is 1. The summed E-state index contributed by atoms with van der Waals surface area (Å²) >= 11 is 0. The first-order chi connectivity index (χ1) is 9.60. The van der Waals surface area contributed by atoms with Gasteiger partial charge < -0.3 is 19.6 Å². The van der Waals surface area contributed by atoms with Crippen molar-refractivity contribution in [1.29, 1.82) is 0 Å². The first kappa shape index (κ1) is 16.1. The van der Waals surface area contributed by atoms with E-state index < -0.39 is 12.2 Å². The van der Waals surface area contributed by atoms with E-state index in [9.17, 15) is 4.79 Å². The summed E-state index contributed by atoms with van der Waals surface area (Å²) in [4.78, 5) is 13.6. The summed E-state index contributed by atoms with van der Waals surface area (Å²) in [5.74, 6) is -0.428. The first-order valence-electron chi connectivity index (χ1n) is 6.37. The summed E-state index contributed by atoms with van der Waals surface area (Å²) < 4.78 is 10.5. The van der Waals surface area contributed by atoms with Crippen molar-refractivity contribution in [2.45, 2.75) is 20.1 Å². The number of para-hydroxylation sites is 1. The van der Waals surface area contributed by atoms with Gasteiger partial charge >= 0.3 is 0 Å². The molecule has 1 N–H and O–H groups in total. The molecular weight excluding hydrogens is 260 g/mol. The molecule has 6 nitrogen and oxygen atoms in total. The van der Waals surface area contributed by atoms with Gasteiger partial charge in [-0.2, -0.15) is 0 Å². The molecule has 1 rings (SSSR count). The number of hydrogen-bond acceptors (Lipinski definition) is 5. The molecule has 0 aliphatic heterocycles. The number of anilines is 1. The highest BCUT2D eigenvalue weighted by atomic mass is 16.7. The molecule has 1 atom stereocenters. The van der Waals surface area contributed by atoms with Gasteiger partial charge in [0.25, 0.3) is 5.91 Å². The number of amides is 1. The molecule has 1 amide bonds. The zero-order valence-electron chi connectivity index (χ0n) is 11.9. The lowest BCUT2D eigenvalue weighted by Gasteiger charge is -2.18. The van der Waals surface area contributed by atoms with E-state index in [4.69, 9.17) is 14.7 Å². The lowest BCUT2D eigenvalue weighted by molar-refractivity contribution is -0.120. The smallest absolute Gasteiger partial charge is 0.278 e. The van der Waals surface area contributed by atoms with Crippen LogP contribution < -0.4 is 4.90 Å². The lowest BCUT2D eigenvalue weighted by atomic mass is 10.2. The van der Waals surface area contributed by atoms with Crippen molar-refractivity contribution >= 4 is 17.3 Å². The van der Waals surface area contributed by atoms with Crippen LogP contribution in [0, 0.1) is 0 Å². The number of hydrogen-bond donors (Lipinski definition) is 1. The van der Waals surface area contributed by atoms with Crippen molar-refractivity contribution in [1.82, 2.24) is 0 Å². The molecule has 0 aliphatic carbocycles. The second-order valence-corrected chi connectivity index (χ2v) is 4.08. The highest BCUT2D eigenvalue weighted by Gasteiger charge is 2.19. The normalized spacial score (nSPS) is 13.1. The van der Waals surface area contributed by atoms with Crippen molar-refractivity contribution in [3.8, 4) is 0 Å². The monoisotopic (exact) mass is 280 g/mol. The Kier molecular flexibility index (Phi) is 6.69. The van der Waals surface area contributed by atoms with Gasteiger partial charge in [-0.15, -0.1) is 0 Å². The maximum absolute atomic E-state index is 12.2. The average molecular weight is 280 g/mol. The van der Waals surface area contributed by atoms with E-state index in [0.29, 0.717) is 12.3 Å². The Morgan fingerprint density at radius 2 is 2.00 bits per heavy atom. The van der Waals surface area contributed by atoms with E-state index in [1.54, 1.807) is 26.1 Å². The van der Waals surface area contributed by atoms with Gasteiger partial charge in [-0.1, -0.05) is 23.4 Å². The van der Waals surface area contributed by atoms with Gasteiger partial charge in [-0.05, 0) is 26.0 Å². The minimum atomic E-state index is -0.466. The molecule has 20 heavy (non-hydrogen) atoms. The molecule has 0 radical (unpaired) electrons.